The van der Waals surface area contributed by atoms with Crippen molar-refractivity contribution in [1.82, 2.24) is 4.90 Å². The monoisotopic (exact) mass is 412 g/mol. The molecule has 2 N–H and O–H groups in total. The number of likely N-dealkylation sites (tertiary alicyclic amines) is 1. The predicted octanol–water partition coefficient (Wildman–Crippen LogP) is 2.55. The number of ether oxygens (including phenoxy) is 1. The number of aryl methyl sites for hydroxylation is 1. The van der Waals surface area contributed by atoms with Gasteiger partial charge in [0.15, 0.2) is 0 Å². The molecule has 1 fully saturated rings. The Kier molecular flexibility index (Phi) is 7.07. The van der Waals surface area contributed by atoms with Gasteiger partial charge in [-0.3, -0.25) is 4.79 Å². The molecule has 3 rings (SSSR count). The number of hydrogen-bond donors (Lipinski definition) is 2. The van der Waals surface area contributed by atoms with E-state index in [4.69, 9.17) is 9.57 Å². The Balaban J connectivity index is 1.97. The van der Waals surface area contributed by atoms with Crippen molar-refractivity contribution in [2.24, 2.45) is 5.16 Å². The zero-order valence-electron chi connectivity index (χ0n) is 17.6. The Morgan fingerprint density at radius 3 is 2.70 bits per heavy atom. The topological polar surface area (TPSA) is 91.6 Å². The number of carbonyl (C=O) groups is 1. The predicted molar refractivity (Wildman–Crippen MR) is 115 cm³/mol. The lowest BCUT2D eigenvalue weighted by molar-refractivity contribution is 0.0679. The molecular weight excluding hydrogens is 384 g/mol. The lowest BCUT2D eigenvalue weighted by atomic mass is 9.95. The summed E-state index contributed by atoms with van der Waals surface area (Å²) in [6.07, 6.45) is 0.477. The third-order valence-corrected chi connectivity index (χ3v) is 5.43. The van der Waals surface area contributed by atoms with Crippen molar-refractivity contribution in [3.63, 3.8) is 0 Å². The molecular formula is C23H28N2O5. The Labute approximate surface area is 176 Å². The second-order valence-corrected chi connectivity index (χ2v) is 7.34. The summed E-state index contributed by atoms with van der Waals surface area (Å²) in [6, 6.07) is 11.1. The molecule has 7 heteroatoms. The van der Waals surface area contributed by atoms with Gasteiger partial charge in [-0.2, -0.15) is 0 Å². The standard InChI is InChI=1S/C23H28N2O5/c1-15-5-4-6-20(16(15)2)21-8-7-17(11-22(21)30-10-9-26)23(28)25-13-18(24-29-3)12-19(25)14-27/h4-8,11,19,26-27H,9-10,12-14H2,1-3H3/b24-18-/t19-/m0/s1. The van der Waals surface area contributed by atoms with Gasteiger partial charge in [-0.15, -0.1) is 0 Å². The van der Waals surface area contributed by atoms with E-state index in [0.29, 0.717) is 30.0 Å². The summed E-state index contributed by atoms with van der Waals surface area (Å²) >= 11 is 0. The largest absolute Gasteiger partial charge is 0.491 e. The van der Waals surface area contributed by atoms with Crippen LogP contribution in [0.1, 0.15) is 27.9 Å². The molecule has 0 bridgehead atoms. The van der Waals surface area contributed by atoms with Crippen LogP contribution in [0.4, 0.5) is 0 Å². The summed E-state index contributed by atoms with van der Waals surface area (Å²) < 4.78 is 5.79. The maximum absolute atomic E-state index is 13.2. The van der Waals surface area contributed by atoms with Crippen LogP contribution in [0.25, 0.3) is 11.1 Å². The zero-order chi connectivity index (χ0) is 21.7. The van der Waals surface area contributed by atoms with Crippen LogP contribution in [-0.4, -0.2) is 66.2 Å². The molecule has 0 spiro atoms. The van der Waals surface area contributed by atoms with E-state index in [1.54, 1.807) is 17.0 Å². The Morgan fingerprint density at radius 2 is 2.00 bits per heavy atom. The maximum atomic E-state index is 13.2. The number of aliphatic hydroxyl groups excluding tert-OH is 2. The second kappa shape index (κ2) is 9.73. The Bertz CT molecular complexity index is 941. The molecule has 2 aromatic carbocycles. The molecule has 1 heterocycles. The van der Waals surface area contributed by atoms with Crippen LogP contribution in [0, 0.1) is 13.8 Å². The molecule has 0 radical (unpaired) electrons. The van der Waals surface area contributed by atoms with E-state index in [-0.39, 0.29) is 31.8 Å². The Hall–Kier alpha value is -2.90. The fourth-order valence-corrected chi connectivity index (χ4v) is 3.73. The van der Waals surface area contributed by atoms with E-state index in [1.807, 2.05) is 38.1 Å². The fourth-order valence-electron chi connectivity index (χ4n) is 3.73. The van der Waals surface area contributed by atoms with Crippen LogP contribution in [0.15, 0.2) is 41.6 Å². The molecule has 1 aliphatic rings. The molecule has 0 aromatic heterocycles. The fraction of sp³-hybridized carbons (Fsp3) is 0.391. The van der Waals surface area contributed by atoms with Gasteiger partial charge >= 0.3 is 0 Å². The minimum atomic E-state index is -0.341. The van der Waals surface area contributed by atoms with E-state index in [9.17, 15) is 15.0 Å². The van der Waals surface area contributed by atoms with Crippen molar-refractivity contribution < 1.29 is 24.6 Å². The van der Waals surface area contributed by atoms with Crippen molar-refractivity contribution in [3.8, 4) is 16.9 Å². The van der Waals surface area contributed by atoms with Crippen molar-refractivity contribution in [2.45, 2.75) is 26.3 Å². The quantitative estimate of drug-likeness (QED) is 0.682. The van der Waals surface area contributed by atoms with Gasteiger partial charge in [-0.1, -0.05) is 23.4 Å². The molecule has 1 saturated heterocycles. The summed E-state index contributed by atoms with van der Waals surface area (Å²) in [5.41, 5.74) is 5.34. The number of carbonyl (C=O) groups excluding carboxylic acids is 1. The molecule has 0 unspecified atom stereocenters. The molecule has 1 atom stereocenters. The molecule has 1 aliphatic heterocycles. The smallest absolute Gasteiger partial charge is 0.254 e. The van der Waals surface area contributed by atoms with Gasteiger partial charge in [0.25, 0.3) is 5.91 Å². The maximum Gasteiger partial charge on any atom is 0.254 e. The molecule has 0 aliphatic carbocycles. The third kappa shape index (κ3) is 4.47. The summed E-state index contributed by atoms with van der Waals surface area (Å²) in [4.78, 5) is 19.6. The average molecular weight is 412 g/mol. The van der Waals surface area contributed by atoms with Gasteiger partial charge < -0.3 is 24.7 Å². The first-order valence-corrected chi connectivity index (χ1v) is 9.95. The highest BCUT2D eigenvalue weighted by Crippen LogP contribution is 2.35. The normalized spacial score (nSPS) is 17.4. The van der Waals surface area contributed by atoms with Gasteiger partial charge in [0.05, 0.1) is 31.5 Å². The van der Waals surface area contributed by atoms with Crippen molar-refractivity contribution >= 4 is 11.6 Å². The number of rotatable bonds is 7. The molecule has 2 aromatic rings. The molecule has 0 saturated carbocycles. The number of amides is 1. The number of aliphatic hydroxyl groups is 2. The van der Waals surface area contributed by atoms with Gasteiger partial charge in [-0.05, 0) is 48.7 Å². The van der Waals surface area contributed by atoms with Crippen molar-refractivity contribution in [1.29, 1.82) is 0 Å². The number of benzene rings is 2. The van der Waals surface area contributed by atoms with Crippen LogP contribution >= 0.6 is 0 Å². The average Bonchev–Trinajstić information content (AvgIpc) is 3.17. The highest BCUT2D eigenvalue weighted by Gasteiger charge is 2.33. The molecule has 7 nitrogen and oxygen atoms in total. The van der Waals surface area contributed by atoms with Crippen molar-refractivity contribution in [3.05, 3.63) is 53.1 Å². The summed E-state index contributed by atoms with van der Waals surface area (Å²) in [5.74, 6) is 0.325. The van der Waals surface area contributed by atoms with Gasteiger partial charge in [0, 0.05) is 17.5 Å². The molecule has 160 valence electrons. The molecule has 30 heavy (non-hydrogen) atoms. The first-order valence-electron chi connectivity index (χ1n) is 9.95. The van der Waals surface area contributed by atoms with E-state index >= 15 is 0 Å². The van der Waals surface area contributed by atoms with Crippen LogP contribution in [0.2, 0.25) is 0 Å². The highest BCUT2D eigenvalue weighted by molar-refractivity contribution is 6.01. The Morgan fingerprint density at radius 1 is 1.20 bits per heavy atom. The van der Waals surface area contributed by atoms with E-state index in [0.717, 1.165) is 22.3 Å². The van der Waals surface area contributed by atoms with E-state index in [2.05, 4.69) is 5.16 Å². The number of hydrogen-bond acceptors (Lipinski definition) is 6. The lowest BCUT2D eigenvalue weighted by Crippen LogP contribution is -2.37. The summed E-state index contributed by atoms with van der Waals surface area (Å²) in [7, 11) is 1.46. The number of oxime groups is 1. The zero-order valence-corrected chi connectivity index (χ0v) is 17.6. The minimum Gasteiger partial charge on any atom is -0.491 e. The number of nitrogens with zero attached hydrogens (tertiary/aromatic N) is 2. The first-order chi connectivity index (χ1) is 14.5. The van der Waals surface area contributed by atoms with Gasteiger partial charge in [0.1, 0.15) is 19.5 Å². The summed E-state index contributed by atoms with van der Waals surface area (Å²) in [5, 5.41) is 22.9. The minimum absolute atomic E-state index is 0.125. The molecule has 1 amide bonds. The lowest BCUT2D eigenvalue weighted by Gasteiger charge is -2.23. The highest BCUT2D eigenvalue weighted by atomic mass is 16.6. The van der Waals surface area contributed by atoms with Crippen molar-refractivity contribution in [2.75, 3.05) is 33.5 Å². The SMILES string of the molecule is CO/N=C1/C[C@@H](CO)N(C(=O)c2ccc(-c3cccc(C)c3C)c(OCCO)c2)C1. The third-order valence-electron chi connectivity index (χ3n) is 5.43. The van der Waals surface area contributed by atoms with E-state index in [1.165, 1.54) is 7.11 Å². The first kappa shape index (κ1) is 21.8. The van der Waals surface area contributed by atoms with Crippen LogP contribution in [0.5, 0.6) is 5.75 Å². The second-order valence-electron chi connectivity index (χ2n) is 7.34. The van der Waals surface area contributed by atoms with Crippen LogP contribution in [0.3, 0.4) is 0 Å². The summed E-state index contributed by atoms with van der Waals surface area (Å²) in [6.45, 7) is 4.26. The van der Waals surface area contributed by atoms with Crippen LogP contribution in [-0.2, 0) is 4.84 Å². The van der Waals surface area contributed by atoms with Gasteiger partial charge in [0.2, 0.25) is 0 Å². The van der Waals surface area contributed by atoms with Gasteiger partial charge in [-0.25, -0.2) is 0 Å². The van der Waals surface area contributed by atoms with E-state index < -0.39 is 0 Å². The van der Waals surface area contributed by atoms with Crippen LogP contribution < -0.4 is 4.74 Å².